The summed E-state index contributed by atoms with van der Waals surface area (Å²) in [5.74, 6) is -0.331. The molecular formula is C18H18BrN3O2S. The first-order valence-corrected chi connectivity index (χ1v) is 8.77. The van der Waals surface area contributed by atoms with Crippen molar-refractivity contribution in [2.24, 2.45) is 0 Å². The third-order valence-electron chi connectivity index (χ3n) is 3.52. The van der Waals surface area contributed by atoms with Gasteiger partial charge in [0.05, 0.1) is 6.42 Å². The molecule has 3 N–H and O–H groups in total. The number of nitrogens with one attached hydrogen (secondary N) is 3. The van der Waals surface area contributed by atoms with Crippen molar-refractivity contribution in [3.05, 3.63) is 63.6 Å². The predicted molar refractivity (Wildman–Crippen MR) is 107 cm³/mol. The van der Waals surface area contributed by atoms with E-state index in [0.717, 1.165) is 21.3 Å². The first kappa shape index (κ1) is 19.1. The fourth-order valence-corrected chi connectivity index (χ4v) is 2.64. The second kappa shape index (κ2) is 8.73. The van der Waals surface area contributed by atoms with Gasteiger partial charge in [-0.3, -0.25) is 14.9 Å². The zero-order valence-electron chi connectivity index (χ0n) is 13.9. The maximum Gasteiger partial charge on any atom is 0.257 e. The van der Waals surface area contributed by atoms with Crippen molar-refractivity contribution in [1.29, 1.82) is 0 Å². The lowest BCUT2D eigenvalue weighted by Gasteiger charge is -2.11. The molecule has 2 amide bonds. The number of hydrogen-bond donors (Lipinski definition) is 3. The van der Waals surface area contributed by atoms with Crippen molar-refractivity contribution < 1.29 is 9.59 Å². The third-order valence-corrected chi connectivity index (χ3v) is 4.57. The van der Waals surface area contributed by atoms with E-state index < -0.39 is 0 Å². The van der Waals surface area contributed by atoms with Crippen LogP contribution in [0.2, 0.25) is 0 Å². The fraction of sp³-hybridized carbons (Fsp3) is 0.167. The van der Waals surface area contributed by atoms with Gasteiger partial charge in [0.15, 0.2) is 5.11 Å². The van der Waals surface area contributed by atoms with Gasteiger partial charge in [-0.1, -0.05) is 34.1 Å². The van der Waals surface area contributed by atoms with Crippen molar-refractivity contribution >= 4 is 50.8 Å². The molecule has 0 aliphatic rings. The quantitative estimate of drug-likeness (QED) is 0.665. The zero-order chi connectivity index (χ0) is 18.4. The van der Waals surface area contributed by atoms with Crippen molar-refractivity contribution in [3.8, 4) is 0 Å². The summed E-state index contributed by atoms with van der Waals surface area (Å²) in [6.45, 7) is 1.95. The molecule has 2 aromatic carbocycles. The molecule has 0 fully saturated rings. The minimum atomic E-state index is -0.283. The van der Waals surface area contributed by atoms with Gasteiger partial charge in [-0.15, -0.1) is 0 Å². The average molecular weight is 420 g/mol. The highest BCUT2D eigenvalue weighted by Crippen LogP contribution is 2.17. The largest absolute Gasteiger partial charge is 0.359 e. The van der Waals surface area contributed by atoms with E-state index in [4.69, 9.17) is 12.2 Å². The summed E-state index contributed by atoms with van der Waals surface area (Å²) in [5, 5.41) is 8.38. The van der Waals surface area contributed by atoms with Gasteiger partial charge >= 0.3 is 0 Å². The van der Waals surface area contributed by atoms with Crippen LogP contribution in [0, 0.1) is 6.92 Å². The number of likely N-dealkylation sites (N-methyl/N-ethyl adjacent to an activating group) is 1. The lowest BCUT2D eigenvalue weighted by molar-refractivity contribution is -0.119. The second-order valence-corrected chi connectivity index (χ2v) is 6.68. The molecule has 25 heavy (non-hydrogen) atoms. The van der Waals surface area contributed by atoms with E-state index in [1.807, 2.05) is 25.1 Å². The molecule has 0 aliphatic heterocycles. The Morgan fingerprint density at radius 2 is 1.80 bits per heavy atom. The van der Waals surface area contributed by atoms with Gasteiger partial charge < -0.3 is 10.6 Å². The predicted octanol–water partition coefficient (Wildman–Crippen LogP) is 3.17. The maximum atomic E-state index is 12.2. The van der Waals surface area contributed by atoms with Crippen molar-refractivity contribution in [1.82, 2.24) is 10.6 Å². The van der Waals surface area contributed by atoms with E-state index in [1.54, 1.807) is 31.3 Å². The number of hydrogen-bond acceptors (Lipinski definition) is 3. The Balaban J connectivity index is 1.94. The van der Waals surface area contributed by atoms with Crippen LogP contribution < -0.4 is 16.0 Å². The Kier molecular flexibility index (Phi) is 6.66. The molecule has 0 aliphatic carbocycles. The average Bonchev–Trinajstić information content (AvgIpc) is 2.58. The number of rotatable bonds is 4. The third kappa shape index (κ3) is 5.65. The number of aryl methyl sites for hydroxylation is 1. The molecule has 0 saturated heterocycles. The molecule has 2 rings (SSSR count). The molecule has 0 unspecified atom stereocenters. The van der Waals surface area contributed by atoms with Crippen molar-refractivity contribution in [3.63, 3.8) is 0 Å². The minimum Gasteiger partial charge on any atom is -0.359 e. The van der Waals surface area contributed by atoms with Crippen LogP contribution in [0.4, 0.5) is 5.69 Å². The monoisotopic (exact) mass is 419 g/mol. The van der Waals surface area contributed by atoms with E-state index in [9.17, 15) is 9.59 Å². The summed E-state index contributed by atoms with van der Waals surface area (Å²) < 4.78 is 0.866. The van der Waals surface area contributed by atoms with E-state index in [1.165, 1.54) is 0 Å². The number of benzene rings is 2. The molecule has 0 spiro atoms. The molecule has 2 aromatic rings. The van der Waals surface area contributed by atoms with Crippen molar-refractivity contribution in [2.45, 2.75) is 13.3 Å². The van der Waals surface area contributed by atoms with Crippen LogP contribution in [-0.2, 0) is 11.2 Å². The molecule has 5 nitrogen and oxygen atoms in total. The van der Waals surface area contributed by atoms with E-state index in [2.05, 4.69) is 31.9 Å². The molecular weight excluding hydrogens is 402 g/mol. The van der Waals surface area contributed by atoms with Crippen LogP contribution in [-0.4, -0.2) is 24.0 Å². The van der Waals surface area contributed by atoms with Crippen LogP contribution in [0.15, 0.2) is 46.9 Å². The molecule has 130 valence electrons. The summed E-state index contributed by atoms with van der Waals surface area (Å²) in [5.41, 5.74) is 3.19. The Bertz CT molecular complexity index is 806. The summed E-state index contributed by atoms with van der Waals surface area (Å²) in [4.78, 5) is 23.6. The molecule has 7 heteroatoms. The maximum absolute atomic E-state index is 12.2. The van der Waals surface area contributed by atoms with Crippen LogP contribution in [0.25, 0.3) is 0 Å². The van der Waals surface area contributed by atoms with E-state index >= 15 is 0 Å². The van der Waals surface area contributed by atoms with Gasteiger partial charge in [-0.25, -0.2) is 0 Å². The van der Waals surface area contributed by atoms with Gasteiger partial charge in [-0.05, 0) is 54.5 Å². The number of thiocarbonyl (C=S) groups is 1. The molecule has 0 saturated carbocycles. The van der Waals surface area contributed by atoms with Crippen LogP contribution >= 0.6 is 28.1 Å². The molecule has 0 atom stereocenters. The lowest BCUT2D eigenvalue weighted by atomic mass is 10.1. The normalized spacial score (nSPS) is 10.0. The van der Waals surface area contributed by atoms with Gasteiger partial charge in [0, 0.05) is 22.8 Å². The zero-order valence-corrected chi connectivity index (χ0v) is 16.3. The van der Waals surface area contributed by atoms with Gasteiger partial charge in [-0.2, -0.15) is 0 Å². The summed E-state index contributed by atoms with van der Waals surface area (Å²) >= 11 is 8.58. The van der Waals surface area contributed by atoms with Gasteiger partial charge in [0.25, 0.3) is 5.91 Å². The lowest BCUT2D eigenvalue weighted by Crippen LogP contribution is -2.34. The second-order valence-electron chi connectivity index (χ2n) is 5.42. The van der Waals surface area contributed by atoms with Crippen LogP contribution in [0.1, 0.15) is 21.5 Å². The highest BCUT2D eigenvalue weighted by molar-refractivity contribution is 9.10. The number of anilines is 1. The highest BCUT2D eigenvalue weighted by Gasteiger charge is 2.09. The highest BCUT2D eigenvalue weighted by atomic mass is 79.9. The molecule has 0 bridgehead atoms. The Morgan fingerprint density at radius 3 is 2.40 bits per heavy atom. The fourth-order valence-electron chi connectivity index (χ4n) is 2.05. The SMILES string of the molecule is CNC(=O)Cc1ccc(NC(=S)NC(=O)c2ccc(C)c(Br)c2)cc1. The Labute approximate surface area is 160 Å². The number of carbonyl (C=O) groups excluding carboxylic acids is 2. The smallest absolute Gasteiger partial charge is 0.257 e. The Morgan fingerprint density at radius 1 is 1.12 bits per heavy atom. The number of halogens is 1. The van der Waals surface area contributed by atoms with Crippen LogP contribution in [0.5, 0.6) is 0 Å². The summed E-state index contributed by atoms with van der Waals surface area (Å²) in [6, 6.07) is 12.6. The number of carbonyl (C=O) groups is 2. The van der Waals surface area contributed by atoms with Gasteiger partial charge in [0.1, 0.15) is 0 Å². The topological polar surface area (TPSA) is 70.2 Å². The summed E-state index contributed by atoms with van der Waals surface area (Å²) in [6.07, 6.45) is 0.320. The molecule has 0 aromatic heterocycles. The van der Waals surface area contributed by atoms with Crippen LogP contribution in [0.3, 0.4) is 0 Å². The van der Waals surface area contributed by atoms with Crippen molar-refractivity contribution in [2.75, 3.05) is 12.4 Å². The van der Waals surface area contributed by atoms with E-state index in [0.29, 0.717) is 12.0 Å². The minimum absolute atomic E-state index is 0.0484. The van der Waals surface area contributed by atoms with E-state index in [-0.39, 0.29) is 16.9 Å². The standard InChI is InChI=1S/C18H18BrN3O2S/c1-11-3-6-13(10-15(11)19)17(24)22-18(25)21-14-7-4-12(5-8-14)9-16(23)20-2/h3-8,10H,9H2,1-2H3,(H,20,23)(H2,21,22,24,25). The number of amides is 2. The van der Waals surface area contributed by atoms with Gasteiger partial charge in [0.2, 0.25) is 5.91 Å². The summed E-state index contributed by atoms with van der Waals surface area (Å²) in [7, 11) is 1.60. The first-order valence-electron chi connectivity index (χ1n) is 7.57. The Hall–Kier alpha value is -2.25. The first-order chi connectivity index (χ1) is 11.9. The molecule has 0 radical (unpaired) electrons. The molecule has 0 heterocycles.